The van der Waals surface area contributed by atoms with Gasteiger partial charge in [0.2, 0.25) is 0 Å². The van der Waals surface area contributed by atoms with Crippen LogP contribution < -0.4 is 0 Å². The predicted octanol–water partition coefficient (Wildman–Crippen LogP) is 2.94. The molecule has 1 saturated heterocycles. The Bertz CT molecular complexity index is 411. The molecule has 0 spiro atoms. The maximum Gasteiger partial charge on any atom is 0.0944 e. The highest BCUT2D eigenvalue weighted by molar-refractivity contribution is 7.11. The van der Waals surface area contributed by atoms with E-state index in [1.165, 1.54) is 43.8 Å². The first kappa shape index (κ1) is 13.5. The topological polar surface area (TPSA) is 39.9 Å². The maximum atomic E-state index is 8.74. The Morgan fingerprint density at radius 3 is 2.67 bits per heavy atom. The molecule has 1 aromatic heterocycles. The highest BCUT2D eigenvalue weighted by Gasteiger charge is 2.11. The van der Waals surface area contributed by atoms with Gasteiger partial charge >= 0.3 is 0 Å². The van der Waals surface area contributed by atoms with Crippen molar-refractivity contribution in [1.29, 1.82) is 5.26 Å². The summed E-state index contributed by atoms with van der Waals surface area (Å²) in [6.07, 6.45) is 7.01. The van der Waals surface area contributed by atoms with Gasteiger partial charge in [0.05, 0.1) is 23.2 Å². The van der Waals surface area contributed by atoms with Crippen molar-refractivity contribution in [2.24, 2.45) is 0 Å². The first-order valence-corrected chi connectivity index (χ1v) is 7.65. The van der Waals surface area contributed by atoms with E-state index in [0.29, 0.717) is 6.42 Å². The molecule has 1 aliphatic rings. The van der Waals surface area contributed by atoms with Crippen LogP contribution in [0.2, 0.25) is 0 Å². The van der Waals surface area contributed by atoms with Crippen molar-refractivity contribution in [2.75, 3.05) is 19.6 Å². The van der Waals surface area contributed by atoms with E-state index in [0.717, 1.165) is 23.5 Å². The van der Waals surface area contributed by atoms with Gasteiger partial charge in [0, 0.05) is 17.8 Å². The predicted molar refractivity (Wildman–Crippen MR) is 74.8 cm³/mol. The molecule has 18 heavy (non-hydrogen) atoms. The third kappa shape index (κ3) is 3.79. The first-order chi connectivity index (χ1) is 8.79. The molecule has 0 radical (unpaired) electrons. The lowest BCUT2D eigenvalue weighted by Gasteiger charge is -2.18. The molecule has 0 atom stereocenters. The van der Waals surface area contributed by atoms with Crippen molar-refractivity contribution < 1.29 is 0 Å². The van der Waals surface area contributed by atoms with E-state index in [9.17, 15) is 0 Å². The van der Waals surface area contributed by atoms with Crippen molar-refractivity contribution in [3.05, 3.63) is 15.6 Å². The summed E-state index contributed by atoms with van der Waals surface area (Å²) in [6, 6.07) is 2.21. The second-order valence-electron chi connectivity index (χ2n) is 4.96. The minimum Gasteiger partial charge on any atom is -0.303 e. The van der Waals surface area contributed by atoms with Crippen LogP contribution in [0.4, 0.5) is 0 Å². The lowest BCUT2D eigenvalue weighted by Crippen LogP contribution is -2.26. The van der Waals surface area contributed by atoms with Gasteiger partial charge in [-0.2, -0.15) is 5.26 Å². The fourth-order valence-electron chi connectivity index (χ4n) is 2.44. The van der Waals surface area contributed by atoms with E-state index in [2.05, 4.69) is 16.0 Å². The van der Waals surface area contributed by atoms with Gasteiger partial charge in [-0.05, 0) is 32.9 Å². The molecule has 2 heterocycles. The summed E-state index contributed by atoms with van der Waals surface area (Å²) in [6.45, 7) is 5.63. The lowest BCUT2D eigenvalue weighted by molar-refractivity contribution is 0.288. The van der Waals surface area contributed by atoms with Crippen LogP contribution in [0.25, 0.3) is 0 Å². The van der Waals surface area contributed by atoms with Crippen LogP contribution in [0.1, 0.15) is 41.3 Å². The summed E-state index contributed by atoms with van der Waals surface area (Å²) in [5.41, 5.74) is 1.05. The molecule has 1 fully saturated rings. The van der Waals surface area contributed by atoms with E-state index in [1.807, 2.05) is 6.92 Å². The molecule has 0 aliphatic carbocycles. The molecule has 0 bridgehead atoms. The van der Waals surface area contributed by atoms with E-state index in [1.54, 1.807) is 11.3 Å². The number of aromatic nitrogens is 1. The standard InChI is InChI=1S/C14H21N3S/c1-12-13(6-8-15)18-14(16-12)7-11-17-9-4-2-3-5-10-17/h2-7,9-11H2,1H3. The summed E-state index contributed by atoms with van der Waals surface area (Å²) >= 11 is 1.72. The Morgan fingerprint density at radius 1 is 1.28 bits per heavy atom. The molecule has 1 aliphatic heterocycles. The summed E-state index contributed by atoms with van der Waals surface area (Å²) in [7, 11) is 0. The number of hydrogen-bond donors (Lipinski definition) is 0. The van der Waals surface area contributed by atoms with E-state index >= 15 is 0 Å². The second-order valence-corrected chi connectivity index (χ2v) is 6.13. The lowest BCUT2D eigenvalue weighted by atomic mass is 10.2. The molecule has 0 amide bonds. The van der Waals surface area contributed by atoms with Gasteiger partial charge in [-0.3, -0.25) is 0 Å². The van der Waals surface area contributed by atoms with Crippen LogP contribution in [-0.4, -0.2) is 29.5 Å². The number of rotatable bonds is 4. The molecular formula is C14H21N3S. The number of likely N-dealkylation sites (tertiary alicyclic amines) is 1. The van der Waals surface area contributed by atoms with Crippen molar-refractivity contribution in [1.82, 2.24) is 9.88 Å². The van der Waals surface area contributed by atoms with Crippen LogP contribution >= 0.6 is 11.3 Å². The average Bonchev–Trinajstić information content (AvgIpc) is 2.57. The summed E-state index contributed by atoms with van der Waals surface area (Å²) in [5, 5.41) is 9.94. The van der Waals surface area contributed by atoms with Crippen molar-refractivity contribution in [3.63, 3.8) is 0 Å². The van der Waals surface area contributed by atoms with Gasteiger partial charge in [0.15, 0.2) is 0 Å². The second kappa shape index (κ2) is 6.86. The molecule has 2 rings (SSSR count). The van der Waals surface area contributed by atoms with Gasteiger partial charge in [-0.15, -0.1) is 11.3 Å². The molecule has 3 nitrogen and oxygen atoms in total. The fourth-order valence-corrected chi connectivity index (χ4v) is 3.43. The summed E-state index contributed by atoms with van der Waals surface area (Å²) < 4.78 is 0. The largest absolute Gasteiger partial charge is 0.303 e. The number of thiazole rings is 1. The third-order valence-electron chi connectivity index (χ3n) is 3.52. The van der Waals surface area contributed by atoms with Gasteiger partial charge in [0.25, 0.3) is 0 Å². The van der Waals surface area contributed by atoms with Crippen LogP contribution in [0.5, 0.6) is 0 Å². The monoisotopic (exact) mass is 263 g/mol. The van der Waals surface area contributed by atoms with E-state index in [4.69, 9.17) is 5.26 Å². The Morgan fingerprint density at radius 2 is 2.00 bits per heavy atom. The first-order valence-electron chi connectivity index (χ1n) is 6.84. The van der Waals surface area contributed by atoms with Crippen molar-refractivity contribution >= 4 is 11.3 Å². The third-order valence-corrected chi connectivity index (χ3v) is 4.73. The fraction of sp³-hybridized carbons (Fsp3) is 0.714. The van der Waals surface area contributed by atoms with Crippen molar-refractivity contribution in [3.8, 4) is 6.07 Å². The smallest absolute Gasteiger partial charge is 0.0944 e. The molecule has 0 saturated carbocycles. The normalized spacial score (nSPS) is 17.3. The Balaban J connectivity index is 1.85. The molecule has 1 aromatic rings. The van der Waals surface area contributed by atoms with Crippen LogP contribution in [-0.2, 0) is 12.8 Å². The zero-order chi connectivity index (χ0) is 12.8. The highest BCUT2D eigenvalue weighted by atomic mass is 32.1. The maximum absolute atomic E-state index is 8.74. The number of hydrogen-bond acceptors (Lipinski definition) is 4. The SMILES string of the molecule is Cc1nc(CCN2CCCCCC2)sc1CC#N. The number of nitrogens with zero attached hydrogens (tertiary/aromatic N) is 3. The molecule has 0 unspecified atom stereocenters. The Labute approximate surface area is 113 Å². The average molecular weight is 263 g/mol. The highest BCUT2D eigenvalue weighted by Crippen LogP contribution is 2.19. The van der Waals surface area contributed by atoms with Crippen molar-refractivity contribution in [2.45, 2.75) is 45.4 Å². The molecule has 98 valence electrons. The summed E-state index contributed by atoms with van der Waals surface area (Å²) in [5.74, 6) is 0. The number of nitriles is 1. The Hall–Kier alpha value is -0.920. The quantitative estimate of drug-likeness (QED) is 0.838. The van der Waals surface area contributed by atoms with Gasteiger partial charge in [-0.1, -0.05) is 12.8 Å². The van der Waals surface area contributed by atoms with E-state index in [-0.39, 0.29) is 0 Å². The van der Waals surface area contributed by atoms with E-state index < -0.39 is 0 Å². The number of aryl methyl sites for hydroxylation is 1. The van der Waals surface area contributed by atoms with Gasteiger partial charge < -0.3 is 4.90 Å². The zero-order valence-electron chi connectivity index (χ0n) is 11.1. The van der Waals surface area contributed by atoms with Gasteiger partial charge in [-0.25, -0.2) is 4.98 Å². The Kier molecular flexibility index (Phi) is 5.15. The van der Waals surface area contributed by atoms with Crippen LogP contribution in [0, 0.1) is 18.3 Å². The molecule has 0 N–H and O–H groups in total. The van der Waals surface area contributed by atoms with Crippen LogP contribution in [0.15, 0.2) is 0 Å². The molecule has 4 heteroatoms. The molecular weight excluding hydrogens is 242 g/mol. The minimum absolute atomic E-state index is 0.507. The van der Waals surface area contributed by atoms with Crippen LogP contribution in [0.3, 0.4) is 0 Å². The summed E-state index contributed by atoms with van der Waals surface area (Å²) in [4.78, 5) is 8.28. The zero-order valence-corrected chi connectivity index (χ0v) is 11.9. The molecule has 0 aromatic carbocycles. The minimum atomic E-state index is 0.507. The van der Waals surface area contributed by atoms with Gasteiger partial charge in [0.1, 0.15) is 0 Å².